The molecule has 0 fully saturated rings. The zero-order valence-electron chi connectivity index (χ0n) is 10.4. The average molecular weight is 228 g/mol. The second-order valence-corrected chi connectivity index (χ2v) is 4.08. The van der Waals surface area contributed by atoms with E-state index in [2.05, 4.69) is 17.2 Å². The lowest BCUT2D eigenvalue weighted by molar-refractivity contribution is 0.0241. The normalized spacial score (nSPS) is 10.9. The molecule has 0 aliphatic rings. The molecule has 0 aromatic rings. The molecule has 4 heteroatoms. The molecule has 0 heterocycles. The molecule has 0 aromatic heterocycles. The van der Waals surface area contributed by atoms with Crippen LogP contribution >= 0.6 is 0 Å². The Labute approximate surface area is 98.1 Å². The molecule has 0 atom stereocenters. The molecule has 0 aromatic carbocycles. The summed E-state index contributed by atoms with van der Waals surface area (Å²) in [5.41, 5.74) is -0.769. The van der Waals surface area contributed by atoms with Crippen molar-refractivity contribution >= 4 is 6.03 Å². The minimum absolute atomic E-state index is 0.259. The lowest BCUT2D eigenvalue weighted by Crippen LogP contribution is -2.46. The number of aliphatic hydroxyl groups is 1. The van der Waals surface area contributed by atoms with E-state index in [0.717, 1.165) is 12.8 Å². The first kappa shape index (κ1) is 15.0. The number of hydrogen-bond donors (Lipinski definition) is 3. The molecule has 0 spiro atoms. The molecule has 0 aliphatic carbocycles. The number of urea groups is 1. The van der Waals surface area contributed by atoms with E-state index in [4.69, 9.17) is 0 Å². The summed E-state index contributed by atoms with van der Waals surface area (Å²) in [6.07, 6.45) is 4.86. The van der Waals surface area contributed by atoms with E-state index in [9.17, 15) is 9.90 Å². The van der Waals surface area contributed by atoms with Gasteiger partial charge in [0, 0.05) is 13.1 Å². The molecule has 94 valence electrons. The number of rotatable bonds is 8. The molecule has 0 aliphatic heterocycles. The van der Waals surface area contributed by atoms with Crippen molar-refractivity contribution < 1.29 is 9.90 Å². The first-order valence-corrected chi connectivity index (χ1v) is 5.93. The highest BCUT2D eigenvalue weighted by Crippen LogP contribution is 2.18. The van der Waals surface area contributed by atoms with Crippen LogP contribution in [0.5, 0.6) is 0 Å². The second-order valence-electron chi connectivity index (χ2n) is 4.08. The zero-order chi connectivity index (χ0) is 12.4. The van der Waals surface area contributed by atoms with Crippen molar-refractivity contribution in [2.45, 2.75) is 45.1 Å². The molecule has 0 saturated heterocycles. The Morgan fingerprint density at radius 3 is 2.31 bits per heavy atom. The predicted molar refractivity (Wildman–Crippen MR) is 66.4 cm³/mol. The first-order chi connectivity index (χ1) is 7.58. The van der Waals surface area contributed by atoms with Crippen LogP contribution in [0.4, 0.5) is 4.79 Å². The number of carbonyl (C=O) groups is 1. The van der Waals surface area contributed by atoms with Crippen molar-refractivity contribution in [3.63, 3.8) is 0 Å². The SMILES string of the molecule is C=CCNC(=O)NCC(O)(CCC)CCC. The quantitative estimate of drug-likeness (QED) is 0.555. The molecule has 4 nitrogen and oxygen atoms in total. The number of nitrogens with one attached hydrogen (secondary N) is 2. The van der Waals surface area contributed by atoms with Gasteiger partial charge in [0.2, 0.25) is 0 Å². The van der Waals surface area contributed by atoms with Crippen LogP contribution in [0.1, 0.15) is 39.5 Å². The summed E-state index contributed by atoms with van der Waals surface area (Å²) in [6.45, 7) is 8.30. The van der Waals surface area contributed by atoms with Gasteiger partial charge in [-0.05, 0) is 12.8 Å². The Hall–Kier alpha value is -1.03. The van der Waals surface area contributed by atoms with Crippen molar-refractivity contribution in [2.75, 3.05) is 13.1 Å². The summed E-state index contributed by atoms with van der Waals surface area (Å²) in [6, 6.07) is -0.259. The van der Waals surface area contributed by atoms with Gasteiger partial charge in [-0.3, -0.25) is 0 Å². The van der Waals surface area contributed by atoms with Crippen molar-refractivity contribution in [3.05, 3.63) is 12.7 Å². The van der Waals surface area contributed by atoms with Crippen LogP contribution in [-0.2, 0) is 0 Å². The van der Waals surface area contributed by atoms with Crippen molar-refractivity contribution in [2.24, 2.45) is 0 Å². The minimum atomic E-state index is -0.769. The van der Waals surface area contributed by atoms with Crippen LogP contribution < -0.4 is 10.6 Å². The maximum absolute atomic E-state index is 11.3. The van der Waals surface area contributed by atoms with E-state index in [1.54, 1.807) is 6.08 Å². The lowest BCUT2D eigenvalue weighted by atomic mass is 9.93. The van der Waals surface area contributed by atoms with E-state index in [0.29, 0.717) is 25.9 Å². The molecular formula is C12H24N2O2. The maximum atomic E-state index is 11.3. The Kier molecular flexibility index (Phi) is 7.64. The highest BCUT2D eigenvalue weighted by molar-refractivity contribution is 5.74. The first-order valence-electron chi connectivity index (χ1n) is 5.93. The fourth-order valence-electron chi connectivity index (χ4n) is 1.70. The Balaban J connectivity index is 4.00. The van der Waals surface area contributed by atoms with Gasteiger partial charge in [0.25, 0.3) is 0 Å². The summed E-state index contributed by atoms with van der Waals surface area (Å²) >= 11 is 0. The van der Waals surface area contributed by atoms with Gasteiger partial charge in [-0.25, -0.2) is 4.79 Å². The lowest BCUT2D eigenvalue weighted by Gasteiger charge is -2.27. The Morgan fingerprint density at radius 2 is 1.88 bits per heavy atom. The summed E-state index contributed by atoms with van der Waals surface area (Å²) < 4.78 is 0. The molecular weight excluding hydrogens is 204 g/mol. The Morgan fingerprint density at radius 1 is 1.31 bits per heavy atom. The van der Waals surface area contributed by atoms with Crippen LogP contribution in [0.2, 0.25) is 0 Å². The van der Waals surface area contributed by atoms with E-state index in [1.165, 1.54) is 0 Å². The molecule has 0 unspecified atom stereocenters. The highest BCUT2D eigenvalue weighted by atomic mass is 16.3. The van der Waals surface area contributed by atoms with Crippen LogP contribution in [-0.4, -0.2) is 29.8 Å². The second kappa shape index (κ2) is 8.16. The maximum Gasteiger partial charge on any atom is 0.315 e. The summed E-state index contributed by atoms with van der Waals surface area (Å²) in [7, 11) is 0. The molecule has 2 amide bonds. The van der Waals surface area contributed by atoms with Gasteiger partial charge in [-0.15, -0.1) is 6.58 Å². The van der Waals surface area contributed by atoms with E-state index < -0.39 is 5.60 Å². The van der Waals surface area contributed by atoms with E-state index in [1.807, 2.05) is 13.8 Å². The molecule has 16 heavy (non-hydrogen) atoms. The molecule has 0 saturated carbocycles. The fraction of sp³-hybridized carbons (Fsp3) is 0.750. The molecule has 0 rings (SSSR count). The molecule has 3 N–H and O–H groups in total. The minimum Gasteiger partial charge on any atom is -0.388 e. The van der Waals surface area contributed by atoms with Gasteiger partial charge in [0.1, 0.15) is 0 Å². The van der Waals surface area contributed by atoms with Crippen molar-refractivity contribution in [1.82, 2.24) is 10.6 Å². The van der Waals surface area contributed by atoms with Gasteiger partial charge in [0.15, 0.2) is 0 Å². The standard InChI is InChI=1S/C12H24N2O2/c1-4-7-12(16,8-5-2)10-14-11(15)13-9-6-3/h6,16H,3-5,7-10H2,1-2H3,(H2,13,14,15). The summed E-state index contributed by atoms with van der Waals surface area (Å²) in [5, 5.41) is 15.5. The molecule has 0 bridgehead atoms. The van der Waals surface area contributed by atoms with E-state index in [-0.39, 0.29) is 6.03 Å². The fourth-order valence-corrected chi connectivity index (χ4v) is 1.70. The number of hydrogen-bond acceptors (Lipinski definition) is 2. The van der Waals surface area contributed by atoms with Crippen molar-refractivity contribution in [1.29, 1.82) is 0 Å². The third-order valence-corrected chi connectivity index (χ3v) is 2.42. The summed E-state index contributed by atoms with van der Waals surface area (Å²) in [4.78, 5) is 11.3. The number of amides is 2. The smallest absolute Gasteiger partial charge is 0.315 e. The van der Waals surface area contributed by atoms with Crippen LogP contribution in [0.3, 0.4) is 0 Å². The van der Waals surface area contributed by atoms with Gasteiger partial charge in [0.05, 0.1) is 5.60 Å². The van der Waals surface area contributed by atoms with Crippen LogP contribution in [0.25, 0.3) is 0 Å². The largest absolute Gasteiger partial charge is 0.388 e. The topological polar surface area (TPSA) is 61.4 Å². The van der Waals surface area contributed by atoms with E-state index >= 15 is 0 Å². The third-order valence-electron chi connectivity index (χ3n) is 2.42. The van der Waals surface area contributed by atoms with Gasteiger partial charge in [-0.2, -0.15) is 0 Å². The zero-order valence-corrected chi connectivity index (χ0v) is 10.4. The van der Waals surface area contributed by atoms with Crippen LogP contribution in [0.15, 0.2) is 12.7 Å². The monoisotopic (exact) mass is 228 g/mol. The Bertz CT molecular complexity index is 211. The summed E-state index contributed by atoms with van der Waals surface area (Å²) in [5.74, 6) is 0. The number of carbonyl (C=O) groups excluding carboxylic acids is 1. The van der Waals surface area contributed by atoms with Gasteiger partial charge >= 0.3 is 6.03 Å². The molecule has 0 radical (unpaired) electrons. The van der Waals surface area contributed by atoms with Gasteiger partial charge in [-0.1, -0.05) is 32.8 Å². The van der Waals surface area contributed by atoms with Crippen LogP contribution in [0, 0.1) is 0 Å². The van der Waals surface area contributed by atoms with Gasteiger partial charge < -0.3 is 15.7 Å². The predicted octanol–water partition coefficient (Wildman–Crippen LogP) is 1.80. The average Bonchev–Trinajstić information content (AvgIpc) is 2.24. The van der Waals surface area contributed by atoms with Crippen molar-refractivity contribution in [3.8, 4) is 0 Å². The third kappa shape index (κ3) is 6.45. The highest BCUT2D eigenvalue weighted by Gasteiger charge is 2.25.